The van der Waals surface area contributed by atoms with E-state index in [0.29, 0.717) is 0 Å². The Morgan fingerprint density at radius 1 is 0.786 bits per heavy atom. The average molecular weight is 196 g/mol. The summed E-state index contributed by atoms with van der Waals surface area (Å²) in [5.74, 6) is 5.62. The third-order valence-electron chi connectivity index (χ3n) is 4.92. The normalized spacial score (nSPS) is 43.5. The van der Waals surface area contributed by atoms with Crippen LogP contribution in [0, 0.1) is 35.5 Å². The molecule has 0 heterocycles. The van der Waals surface area contributed by atoms with Crippen LogP contribution >= 0.6 is 0 Å². The van der Waals surface area contributed by atoms with Crippen molar-refractivity contribution < 1.29 is 0 Å². The molecule has 1 aliphatic carbocycles. The highest BCUT2D eigenvalue weighted by Gasteiger charge is 2.40. The summed E-state index contributed by atoms with van der Waals surface area (Å²) in [6, 6.07) is 0. The second-order valence-corrected chi connectivity index (χ2v) is 6.07. The van der Waals surface area contributed by atoms with Crippen molar-refractivity contribution in [2.45, 2.75) is 54.4 Å². The highest BCUT2D eigenvalue weighted by molar-refractivity contribution is 4.89. The summed E-state index contributed by atoms with van der Waals surface area (Å²) in [4.78, 5) is 0. The van der Waals surface area contributed by atoms with E-state index in [1.54, 1.807) is 0 Å². The molecule has 0 heteroatoms. The van der Waals surface area contributed by atoms with Gasteiger partial charge in [0.2, 0.25) is 0 Å². The van der Waals surface area contributed by atoms with E-state index in [4.69, 9.17) is 0 Å². The van der Waals surface area contributed by atoms with Crippen LogP contribution in [0.4, 0.5) is 0 Å². The Bertz CT molecular complexity index is 157. The first kappa shape index (κ1) is 12.1. The predicted octanol–water partition coefficient (Wildman–Crippen LogP) is 4.60. The van der Waals surface area contributed by atoms with Crippen molar-refractivity contribution in [3.8, 4) is 0 Å². The maximum Gasteiger partial charge on any atom is -0.0357 e. The summed E-state index contributed by atoms with van der Waals surface area (Å²) in [7, 11) is 0. The van der Waals surface area contributed by atoms with Crippen LogP contribution in [0.1, 0.15) is 54.4 Å². The van der Waals surface area contributed by atoms with E-state index in [0.717, 1.165) is 35.5 Å². The Balaban J connectivity index is 2.52. The molecule has 0 radical (unpaired) electrons. The second kappa shape index (κ2) is 4.68. The van der Waals surface area contributed by atoms with Crippen molar-refractivity contribution in [2.75, 3.05) is 0 Å². The Morgan fingerprint density at radius 2 is 1.21 bits per heavy atom. The number of rotatable bonds is 3. The summed E-state index contributed by atoms with van der Waals surface area (Å²) in [5, 5.41) is 0. The lowest BCUT2D eigenvalue weighted by molar-refractivity contribution is 0.280. The van der Waals surface area contributed by atoms with Gasteiger partial charge < -0.3 is 0 Å². The summed E-state index contributed by atoms with van der Waals surface area (Å²) < 4.78 is 0. The summed E-state index contributed by atoms with van der Waals surface area (Å²) >= 11 is 0. The number of hydrogen-bond donors (Lipinski definition) is 0. The fraction of sp³-hybridized carbons (Fsp3) is 1.00. The quantitative estimate of drug-likeness (QED) is 0.619. The van der Waals surface area contributed by atoms with E-state index in [1.807, 2.05) is 0 Å². The molecule has 0 saturated heterocycles. The molecule has 0 aromatic carbocycles. The minimum Gasteiger partial charge on any atom is -0.0628 e. The van der Waals surface area contributed by atoms with Gasteiger partial charge in [0, 0.05) is 0 Å². The highest BCUT2D eigenvalue weighted by Crippen LogP contribution is 2.47. The minimum absolute atomic E-state index is 0.876. The molecular formula is C14H28. The van der Waals surface area contributed by atoms with Crippen molar-refractivity contribution in [2.24, 2.45) is 35.5 Å². The van der Waals surface area contributed by atoms with E-state index >= 15 is 0 Å². The Kier molecular flexibility index (Phi) is 4.04. The van der Waals surface area contributed by atoms with Crippen molar-refractivity contribution in [1.82, 2.24) is 0 Å². The van der Waals surface area contributed by atoms with E-state index < -0.39 is 0 Å². The van der Waals surface area contributed by atoms with Gasteiger partial charge in [0.15, 0.2) is 0 Å². The third-order valence-corrected chi connectivity index (χ3v) is 4.92. The van der Waals surface area contributed by atoms with E-state index in [-0.39, 0.29) is 0 Å². The van der Waals surface area contributed by atoms with Gasteiger partial charge in [-0.15, -0.1) is 0 Å². The second-order valence-electron chi connectivity index (χ2n) is 6.07. The summed E-state index contributed by atoms with van der Waals surface area (Å²) in [6.07, 6.45) is 2.87. The van der Waals surface area contributed by atoms with Crippen LogP contribution in [0.25, 0.3) is 0 Å². The van der Waals surface area contributed by atoms with Crippen LogP contribution in [-0.4, -0.2) is 0 Å². The maximum absolute atomic E-state index is 2.47. The lowest BCUT2D eigenvalue weighted by Crippen LogP contribution is -2.13. The summed E-state index contributed by atoms with van der Waals surface area (Å²) in [6.45, 7) is 14.5. The lowest BCUT2D eigenvalue weighted by atomic mass is 9.84. The van der Waals surface area contributed by atoms with Crippen molar-refractivity contribution in [3.63, 3.8) is 0 Å². The fourth-order valence-corrected chi connectivity index (χ4v) is 3.27. The zero-order chi connectivity index (χ0) is 10.9. The van der Waals surface area contributed by atoms with Gasteiger partial charge in [-0.3, -0.25) is 0 Å². The molecule has 84 valence electrons. The van der Waals surface area contributed by atoms with E-state index in [1.165, 1.54) is 12.8 Å². The van der Waals surface area contributed by atoms with Crippen LogP contribution in [0.3, 0.4) is 0 Å². The molecule has 0 aromatic heterocycles. The predicted molar refractivity (Wildman–Crippen MR) is 64.2 cm³/mol. The first-order chi connectivity index (χ1) is 6.45. The van der Waals surface area contributed by atoms with Gasteiger partial charge in [0.05, 0.1) is 0 Å². The molecule has 4 unspecified atom stereocenters. The zero-order valence-electron chi connectivity index (χ0n) is 10.9. The molecule has 0 nitrogen and oxygen atoms in total. The van der Waals surface area contributed by atoms with Gasteiger partial charge in [-0.25, -0.2) is 0 Å². The van der Waals surface area contributed by atoms with E-state index in [9.17, 15) is 0 Å². The zero-order valence-corrected chi connectivity index (χ0v) is 10.9. The summed E-state index contributed by atoms with van der Waals surface area (Å²) in [5.41, 5.74) is 0. The molecule has 0 spiro atoms. The third kappa shape index (κ3) is 2.32. The molecular weight excluding hydrogens is 168 g/mol. The van der Waals surface area contributed by atoms with Crippen LogP contribution in [0.5, 0.6) is 0 Å². The highest BCUT2D eigenvalue weighted by atomic mass is 14.5. The van der Waals surface area contributed by atoms with Crippen LogP contribution in [0.2, 0.25) is 0 Å². The van der Waals surface area contributed by atoms with Crippen LogP contribution in [0.15, 0.2) is 0 Å². The number of hydrogen-bond acceptors (Lipinski definition) is 0. The fourth-order valence-electron chi connectivity index (χ4n) is 3.27. The van der Waals surface area contributed by atoms with Crippen molar-refractivity contribution >= 4 is 0 Å². The van der Waals surface area contributed by atoms with Crippen LogP contribution < -0.4 is 0 Å². The molecule has 4 atom stereocenters. The Hall–Kier alpha value is 0. The van der Waals surface area contributed by atoms with Gasteiger partial charge >= 0.3 is 0 Å². The Morgan fingerprint density at radius 3 is 1.57 bits per heavy atom. The first-order valence-corrected chi connectivity index (χ1v) is 6.45. The van der Waals surface area contributed by atoms with Gasteiger partial charge in [-0.05, 0) is 41.9 Å². The van der Waals surface area contributed by atoms with Gasteiger partial charge in [-0.2, -0.15) is 0 Å². The molecule has 1 aliphatic rings. The molecule has 1 rings (SSSR count). The maximum atomic E-state index is 2.47. The molecule has 1 saturated carbocycles. The van der Waals surface area contributed by atoms with Gasteiger partial charge in [0.25, 0.3) is 0 Å². The Labute approximate surface area is 90.5 Å². The molecule has 0 amide bonds. The molecule has 0 bridgehead atoms. The molecule has 1 fully saturated rings. The van der Waals surface area contributed by atoms with E-state index in [2.05, 4.69) is 41.5 Å². The van der Waals surface area contributed by atoms with Gasteiger partial charge in [-0.1, -0.05) is 48.0 Å². The standard InChI is InChI=1S/C14H28/c1-9(2)7-8-14-12(5)10(3)11(4)13(14)6/h9-14H,7-8H2,1-6H3. The molecule has 0 aliphatic heterocycles. The molecule has 14 heavy (non-hydrogen) atoms. The average Bonchev–Trinajstić information content (AvgIpc) is 2.29. The first-order valence-electron chi connectivity index (χ1n) is 6.45. The molecule has 0 aromatic rings. The van der Waals surface area contributed by atoms with Gasteiger partial charge in [0.1, 0.15) is 0 Å². The smallest absolute Gasteiger partial charge is 0.0357 e. The lowest BCUT2D eigenvalue weighted by Gasteiger charge is -2.22. The van der Waals surface area contributed by atoms with Crippen LogP contribution in [-0.2, 0) is 0 Å². The van der Waals surface area contributed by atoms with Crippen molar-refractivity contribution in [1.29, 1.82) is 0 Å². The SMILES string of the molecule is CC(C)CCC1C(C)C(C)C(C)C1C. The monoisotopic (exact) mass is 196 g/mol. The minimum atomic E-state index is 0.876. The van der Waals surface area contributed by atoms with Crippen molar-refractivity contribution in [3.05, 3.63) is 0 Å². The largest absolute Gasteiger partial charge is 0.0628 e. The molecule has 0 N–H and O–H groups in total. The topological polar surface area (TPSA) is 0 Å².